The Labute approximate surface area is 209 Å². The molecule has 0 amide bonds. The third-order valence-electron chi connectivity index (χ3n) is 11.2. The van der Waals surface area contributed by atoms with E-state index in [0.29, 0.717) is 35.5 Å². The third kappa shape index (κ3) is 4.59. The Hall–Kier alpha value is -0.640. The second-order valence-corrected chi connectivity index (χ2v) is 13.7. The van der Waals surface area contributed by atoms with Gasteiger partial charge in [-0.3, -0.25) is 0 Å². The van der Waals surface area contributed by atoms with Crippen LogP contribution in [-0.2, 0) is 0 Å². The van der Waals surface area contributed by atoms with Gasteiger partial charge in [-0.05, 0) is 93.8 Å². The first-order chi connectivity index (χ1) is 15.9. The van der Waals surface area contributed by atoms with Crippen LogP contribution in [0.15, 0.2) is 23.3 Å². The minimum Gasteiger partial charge on any atom is -0.393 e. The molecule has 0 saturated heterocycles. The number of hydrogen-bond donors (Lipinski definition) is 3. The second kappa shape index (κ2) is 9.67. The summed E-state index contributed by atoms with van der Waals surface area (Å²) in [6.45, 7) is 13.6. The highest BCUT2D eigenvalue weighted by atomic mass is 16.3. The van der Waals surface area contributed by atoms with Crippen molar-refractivity contribution in [3.8, 4) is 0 Å². The molecule has 3 N–H and O–H groups in total. The van der Waals surface area contributed by atoms with E-state index in [1.54, 1.807) is 5.57 Å². The molecule has 194 valence electrons. The van der Waals surface area contributed by atoms with Gasteiger partial charge in [0.15, 0.2) is 0 Å². The van der Waals surface area contributed by atoms with Crippen LogP contribution in [0.4, 0.5) is 0 Å². The quantitative estimate of drug-likeness (QED) is 0.363. The van der Waals surface area contributed by atoms with Gasteiger partial charge in [0.1, 0.15) is 0 Å². The zero-order valence-corrected chi connectivity index (χ0v) is 22.8. The highest BCUT2D eigenvalue weighted by Gasteiger charge is 2.59. The maximum absolute atomic E-state index is 11.1. The zero-order chi connectivity index (χ0) is 24.9. The fraction of sp³-hybridized carbons (Fsp3) is 0.871. The first-order valence-electron chi connectivity index (χ1n) is 14.4. The van der Waals surface area contributed by atoms with E-state index in [1.807, 2.05) is 13.8 Å². The SMILES string of the molecule is CCCC[C@H](CCC(C)(C)O)[C@H](C)[C@H]1CC[C@H]2C3=CC=C4C[C@@H](O)C[C@H](O)[C@]4(C)[C@H]3CC[C@]12C. The lowest BCUT2D eigenvalue weighted by Gasteiger charge is -2.56. The molecule has 3 saturated carbocycles. The van der Waals surface area contributed by atoms with Crippen LogP contribution in [0.25, 0.3) is 0 Å². The molecule has 0 spiro atoms. The van der Waals surface area contributed by atoms with E-state index in [2.05, 4.69) is 39.8 Å². The Kier molecular flexibility index (Phi) is 7.52. The number of hydrogen-bond acceptors (Lipinski definition) is 3. The van der Waals surface area contributed by atoms with E-state index >= 15 is 0 Å². The van der Waals surface area contributed by atoms with Crippen LogP contribution in [0.1, 0.15) is 112 Å². The number of allylic oxidation sites excluding steroid dienone is 3. The van der Waals surface area contributed by atoms with Crippen LogP contribution in [0, 0.1) is 40.4 Å². The lowest BCUT2D eigenvalue weighted by molar-refractivity contribution is -0.0558. The van der Waals surface area contributed by atoms with Gasteiger partial charge in [0, 0.05) is 11.8 Å². The van der Waals surface area contributed by atoms with Gasteiger partial charge in [-0.1, -0.05) is 70.3 Å². The lowest BCUT2D eigenvalue weighted by atomic mass is 9.49. The van der Waals surface area contributed by atoms with E-state index in [0.717, 1.165) is 31.6 Å². The standard InChI is InChI=1S/C31H52O3/c1-7-8-9-21(14-16-29(3,4)34)20(2)25-12-13-26-24-11-10-22-18-23(32)19-28(33)31(22,6)27(24)15-17-30(25,26)5/h10-11,20-21,23,25-28,32-34H,7-9,12-19H2,1-6H3/t20-,21+,23+,25+,26-,27-,28-,30+,31-/m0/s1. The summed E-state index contributed by atoms with van der Waals surface area (Å²) in [6.07, 6.45) is 15.9. The summed E-state index contributed by atoms with van der Waals surface area (Å²) in [4.78, 5) is 0. The molecule has 0 aromatic rings. The molecule has 0 radical (unpaired) electrons. The van der Waals surface area contributed by atoms with Crippen molar-refractivity contribution in [2.45, 2.75) is 130 Å². The van der Waals surface area contributed by atoms with Gasteiger partial charge >= 0.3 is 0 Å². The molecule has 0 aromatic carbocycles. The maximum atomic E-state index is 11.1. The Bertz CT molecular complexity index is 791. The van der Waals surface area contributed by atoms with Gasteiger partial charge in [-0.25, -0.2) is 0 Å². The Morgan fingerprint density at radius 2 is 1.79 bits per heavy atom. The molecule has 4 aliphatic rings. The average molecular weight is 473 g/mol. The lowest BCUT2D eigenvalue weighted by Crippen LogP contribution is -2.52. The number of rotatable bonds is 8. The molecule has 34 heavy (non-hydrogen) atoms. The van der Waals surface area contributed by atoms with Gasteiger partial charge in [0.2, 0.25) is 0 Å². The first-order valence-corrected chi connectivity index (χ1v) is 14.4. The Balaban J connectivity index is 1.57. The van der Waals surface area contributed by atoms with Crippen molar-refractivity contribution in [1.82, 2.24) is 0 Å². The predicted molar refractivity (Wildman–Crippen MR) is 140 cm³/mol. The van der Waals surface area contributed by atoms with Crippen molar-refractivity contribution < 1.29 is 15.3 Å². The van der Waals surface area contributed by atoms with Crippen LogP contribution in [0.5, 0.6) is 0 Å². The van der Waals surface area contributed by atoms with Crippen LogP contribution < -0.4 is 0 Å². The molecule has 4 rings (SSSR count). The van der Waals surface area contributed by atoms with Crippen LogP contribution >= 0.6 is 0 Å². The topological polar surface area (TPSA) is 60.7 Å². The summed E-state index contributed by atoms with van der Waals surface area (Å²) >= 11 is 0. The number of unbranched alkanes of at least 4 members (excludes halogenated alkanes) is 1. The third-order valence-corrected chi connectivity index (χ3v) is 11.2. The highest BCUT2D eigenvalue weighted by Crippen LogP contribution is 2.66. The molecular weight excluding hydrogens is 420 g/mol. The fourth-order valence-corrected chi connectivity index (χ4v) is 8.96. The monoisotopic (exact) mass is 472 g/mol. The molecule has 4 aliphatic carbocycles. The second-order valence-electron chi connectivity index (χ2n) is 13.7. The molecular formula is C31H52O3. The van der Waals surface area contributed by atoms with Gasteiger partial charge in [0.25, 0.3) is 0 Å². The van der Waals surface area contributed by atoms with Crippen LogP contribution in [0.2, 0.25) is 0 Å². The van der Waals surface area contributed by atoms with Gasteiger partial charge in [-0.15, -0.1) is 0 Å². The van der Waals surface area contributed by atoms with Gasteiger partial charge < -0.3 is 15.3 Å². The van der Waals surface area contributed by atoms with Crippen molar-refractivity contribution in [3.63, 3.8) is 0 Å². The van der Waals surface area contributed by atoms with E-state index < -0.39 is 17.8 Å². The molecule has 0 aromatic heterocycles. The summed E-state index contributed by atoms with van der Waals surface area (Å²) in [6, 6.07) is 0. The van der Waals surface area contributed by atoms with Crippen molar-refractivity contribution in [2.75, 3.05) is 0 Å². The minimum atomic E-state index is -0.578. The van der Waals surface area contributed by atoms with Crippen molar-refractivity contribution in [3.05, 3.63) is 23.3 Å². The Morgan fingerprint density at radius 1 is 1.06 bits per heavy atom. The summed E-state index contributed by atoms with van der Waals surface area (Å²) < 4.78 is 0. The summed E-state index contributed by atoms with van der Waals surface area (Å²) in [7, 11) is 0. The van der Waals surface area contributed by atoms with Crippen molar-refractivity contribution in [1.29, 1.82) is 0 Å². The van der Waals surface area contributed by atoms with E-state index in [9.17, 15) is 15.3 Å². The molecule has 3 heteroatoms. The summed E-state index contributed by atoms with van der Waals surface area (Å²) in [5.41, 5.74) is 2.43. The van der Waals surface area contributed by atoms with Gasteiger partial charge in [0.05, 0.1) is 17.8 Å². The van der Waals surface area contributed by atoms with Crippen molar-refractivity contribution >= 4 is 0 Å². The molecule has 0 bridgehead atoms. The average Bonchev–Trinajstić information content (AvgIpc) is 3.11. The fourth-order valence-electron chi connectivity index (χ4n) is 8.96. The molecule has 0 aliphatic heterocycles. The maximum Gasteiger partial charge on any atom is 0.0661 e. The first kappa shape index (κ1) is 26.4. The van der Waals surface area contributed by atoms with Crippen LogP contribution in [0.3, 0.4) is 0 Å². The highest BCUT2D eigenvalue weighted by molar-refractivity contribution is 5.40. The molecule has 3 fully saturated rings. The number of fused-ring (bicyclic) bond motifs is 5. The smallest absolute Gasteiger partial charge is 0.0661 e. The Morgan fingerprint density at radius 3 is 2.47 bits per heavy atom. The summed E-state index contributed by atoms with van der Waals surface area (Å²) in [5, 5.41) is 31.8. The zero-order valence-electron chi connectivity index (χ0n) is 22.8. The normalized spacial score (nSPS) is 41.6. The molecule has 0 heterocycles. The molecule has 3 nitrogen and oxygen atoms in total. The number of aliphatic hydroxyl groups excluding tert-OH is 2. The number of aliphatic hydroxyl groups is 3. The molecule has 0 unspecified atom stereocenters. The van der Waals surface area contributed by atoms with E-state index in [-0.39, 0.29) is 5.41 Å². The minimum absolute atomic E-state index is 0.204. The van der Waals surface area contributed by atoms with E-state index in [4.69, 9.17) is 0 Å². The summed E-state index contributed by atoms with van der Waals surface area (Å²) in [5.74, 6) is 3.15. The predicted octanol–water partition coefficient (Wildman–Crippen LogP) is 6.81. The largest absolute Gasteiger partial charge is 0.393 e. The van der Waals surface area contributed by atoms with Gasteiger partial charge in [-0.2, -0.15) is 0 Å². The van der Waals surface area contributed by atoms with Crippen LogP contribution in [-0.4, -0.2) is 33.1 Å². The van der Waals surface area contributed by atoms with Crippen molar-refractivity contribution in [2.24, 2.45) is 40.4 Å². The molecule has 9 atom stereocenters. The van der Waals surface area contributed by atoms with E-state index in [1.165, 1.54) is 44.1 Å².